The van der Waals surface area contributed by atoms with Crippen molar-refractivity contribution in [1.82, 2.24) is 14.3 Å². The molecule has 2 heterocycles. The Balaban J connectivity index is 1.62. The Morgan fingerprint density at radius 3 is 2.44 bits per heavy atom. The van der Waals surface area contributed by atoms with Crippen LogP contribution in [0.25, 0.3) is 0 Å². The number of carbonyl (C=O) groups excluding carboxylic acids is 2. The summed E-state index contributed by atoms with van der Waals surface area (Å²) in [5.74, 6) is -0.386. The lowest BCUT2D eigenvalue weighted by Gasteiger charge is -2.13. The lowest BCUT2D eigenvalue weighted by atomic mass is 10.1. The smallest absolute Gasteiger partial charge is 0.359 e. The number of benzene rings is 1. The van der Waals surface area contributed by atoms with Gasteiger partial charge in [0.05, 0.1) is 6.54 Å². The Hall–Kier alpha value is -3.68. The van der Waals surface area contributed by atoms with E-state index in [-0.39, 0.29) is 36.2 Å². The summed E-state index contributed by atoms with van der Waals surface area (Å²) < 4.78 is 13.9. The normalized spacial score (nSPS) is 10.9. The van der Waals surface area contributed by atoms with Crippen molar-refractivity contribution in [1.29, 1.82) is 0 Å². The van der Waals surface area contributed by atoms with Crippen LogP contribution in [0.15, 0.2) is 53.3 Å². The SMILES string of the molecule is Cc1cc(C(=O)COC(=O)c2ccc(=O)n(CCOc3ccccc3)n2)c(C)n1C(C)C. The highest BCUT2D eigenvalue weighted by atomic mass is 16.5. The monoisotopic (exact) mass is 437 g/mol. The molecule has 0 amide bonds. The van der Waals surface area contributed by atoms with Crippen molar-refractivity contribution < 1.29 is 19.1 Å². The maximum absolute atomic E-state index is 12.6. The average molecular weight is 437 g/mol. The highest BCUT2D eigenvalue weighted by Crippen LogP contribution is 2.20. The quantitative estimate of drug-likeness (QED) is 0.376. The van der Waals surface area contributed by atoms with Gasteiger partial charge in [-0.15, -0.1) is 0 Å². The van der Waals surface area contributed by atoms with Gasteiger partial charge in [-0.2, -0.15) is 5.10 Å². The molecule has 32 heavy (non-hydrogen) atoms. The maximum Gasteiger partial charge on any atom is 0.359 e. The molecule has 0 radical (unpaired) electrons. The molecule has 0 saturated carbocycles. The van der Waals surface area contributed by atoms with Crippen molar-refractivity contribution in [2.75, 3.05) is 13.2 Å². The van der Waals surface area contributed by atoms with Crippen LogP contribution in [0.4, 0.5) is 0 Å². The summed E-state index contributed by atoms with van der Waals surface area (Å²) in [5.41, 5.74) is 1.92. The van der Waals surface area contributed by atoms with Crippen LogP contribution in [0.1, 0.15) is 52.1 Å². The van der Waals surface area contributed by atoms with Gasteiger partial charge in [0.1, 0.15) is 12.4 Å². The number of aromatic nitrogens is 3. The van der Waals surface area contributed by atoms with Crippen LogP contribution in [-0.2, 0) is 11.3 Å². The number of rotatable bonds is 9. The van der Waals surface area contributed by atoms with Gasteiger partial charge in [-0.1, -0.05) is 18.2 Å². The van der Waals surface area contributed by atoms with Crippen LogP contribution in [0.2, 0.25) is 0 Å². The summed E-state index contributed by atoms with van der Waals surface area (Å²) >= 11 is 0. The van der Waals surface area contributed by atoms with Crippen molar-refractivity contribution in [3.05, 3.63) is 81.5 Å². The lowest BCUT2D eigenvalue weighted by molar-refractivity contribution is 0.0465. The molecule has 8 heteroatoms. The van der Waals surface area contributed by atoms with E-state index in [0.717, 1.165) is 16.1 Å². The zero-order valence-corrected chi connectivity index (χ0v) is 18.7. The predicted molar refractivity (Wildman–Crippen MR) is 119 cm³/mol. The fourth-order valence-electron chi connectivity index (χ4n) is 3.62. The van der Waals surface area contributed by atoms with E-state index >= 15 is 0 Å². The first kappa shape index (κ1) is 23.0. The number of ketones is 1. The lowest BCUT2D eigenvalue weighted by Crippen LogP contribution is -2.27. The predicted octanol–water partition coefficient (Wildman–Crippen LogP) is 3.36. The number of hydrogen-bond donors (Lipinski definition) is 0. The molecule has 1 aromatic carbocycles. The van der Waals surface area contributed by atoms with E-state index in [1.807, 2.05) is 45.9 Å². The van der Waals surface area contributed by atoms with Crippen LogP contribution in [0.5, 0.6) is 5.75 Å². The fraction of sp³-hybridized carbons (Fsp3) is 0.333. The molecule has 2 aromatic heterocycles. The first-order valence-electron chi connectivity index (χ1n) is 10.4. The minimum Gasteiger partial charge on any atom is -0.492 e. The summed E-state index contributed by atoms with van der Waals surface area (Å²) in [4.78, 5) is 37.1. The van der Waals surface area contributed by atoms with Gasteiger partial charge < -0.3 is 14.0 Å². The molecule has 8 nitrogen and oxygen atoms in total. The van der Waals surface area contributed by atoms with E-state index in [1.54, 1.807) is 18.2 Å². The zero-order chi connectivity index (χ0) is 23.3. The second-order valence-electron chi connectivity index (χ2n) is 7.69. The van der Waals surface area contributed by atoms with Crippen molar-refractivity contribution >= 4 is 11.8 Å². The first-order valence-corrected chi connectivity index (χ1v) is 10.4. The number of hydrogen-bond acceptors (Lipinski definition) is 6. The van der Waals surface area contributed by atoms with Crippen molar-refractivity contribution in [3.8, 4) is 5.75 Å². The summed E-state index contributed by atoms with van der Waals surface area (Å²) in [6.45, 7) is 7.86. The van der Waals surface area contributed by atoms with Gasteiger partial charge in [0, 0.05) is 29.1 Å². The summed E-state index contributed by atoms with van der Waals surface area (Å²) in [5, 5.41) is 4.05. The molecule has 0 atom stereocenters. The second kappa shape index (κ2) is 10.1. The molecule has 0 aliphatic heterocycles. The van der Waals surface area contributed by atoms with Crippen molar-refractivity contribution in [2.45, 2.75) is 40.3 Å². The summed E-state index contributed by atoms with van der Waals surface area (Å²) in [6.07, 6.45) is 0. The Labute approximate surface area is 186 Å². The third-order valence-electron chi connectivity index (χ3n) is 5.03. The number of esters is 1. The highest BCUT2D eigenvalue weighted by Gasteiger charge is 2.19. The molecular weight excluding hydrogens is 410 g/mol. The molecule has 0 aliphatic carbocycles. The Kier molecular flexibility index (Phi) is 7.25. The maximum atomic E-state index is 12.6. The van der Waals surface area contributed by atoms with E-state index in [0.29, 0.717) is 11.3 Å². The second-order valence-corrected chi connectivity index (χ2v) is 7.69. The van der Waals surface area contributed by atoms with Crippen LogP contribution in [0.3, 0.4) is 0 Å². The van der Waals surface area contributed by atoms with Gasteiger partial charge in [-0.25, -0.2) is 9.48 Å². The van der Waals surface area contributed by atoms with Crippen LogP contribution in [-0.4, -0.2) is 39.3 Å². The topological polar surface area (TPSA) is 92.4 Å². The third kappa shape index (κ3) is 5.32. The number of carbonyl (C=O) groups is 2. The van der Waals surface area contributed by atoms with Gasteiger partial charge in [-0.3, -0.25) is 9.59 Å². The van der Waals surface area contributed by atoms with Crippen molar-refractivity contribution in [2.24, 2.45) is 0 Å². The molecule has 0 aliphatic rings. The Morgan fingerprint density at radius 2 is 1.78 bits per heavy atom. The van der Waals surface area contributed by atoms with Crippen LogP contribution >= 0.6 is 0 Å². The van der Waals surface area contributed by atoms with Gasteiger partial charge in [0.2, 0.25) is 5.78 Å². The zero-order valence-electron chi connectivity index (χ0n) is 18.7. The first-order chi connectivity index (χ1) is 15.3. The molecule has 168 valence electrons. The third-order valence-corrected chi connectivity index (χ3v) is 5.03. The van der Waals surface area contributed by atoms with E-state index in [2.05, 4.69) is 9.67 Å². The molecular formula is C24H27N3O5. The van der Waals surface area contributed by atoms with Crippen molar-refractivity contribution in [3.63, 3.8) is 0 Å². The van der Waals surface area contributed by atoms with E-state index in [1.165, 1.54) is 12.1 Å². The molecule has 0 saturated heterocycles. The molecule has 0 N–H and O–H groups in total. The van der Waals surface area contributed by atoms with Gasteiger partial charge in [-0.05, 0) is 52.0 Å². The molecule has 3 rings (SSSR count). The van der Waals surface area contributed by atoms with Gasteiger partial charge >= 0.3 is 5.97 Å². The molecule has 3 aromatic rings. The summed E-state index contributed by atoms with van der Waals surface area (Å²) in [6, 6.07) is 13.7. The van der Waals surface area contributed by atoms with Gasteiger partial charge in [0.15, 0.2) is 12.3 Å². The summed E-state index contributed by atoms with van der Waals surface area (Å²) in [7, 11) is 0. The minimum absolute atomic E-state index is 0.0511. The number of aryl methyl sites for hydroxylation is 1. The average Bonchev–Trinajstić information content (AvgIpc) is 3.08. The van der Waals surface area contributed by atoms with E-state index < -0.39 is 12.6 Å². The van der Waals surface area contributed by atoms with E-state index in [9.17, 15) is 14.4 Å². The number of Topliss-reactive ketones (excluding diaryl/α,β-unsaturated/α-hetero) is 1. The van der Waals surface area contributed by atoms with Crippen LogP contribution in [0, 0.1) is 13.8 Å². The van der Waals surface area contributed by atoms with E-state index in [4.69, 9.17) is 9.47 Å². The number of para-hydroxylation sites is 1. The van der Waals surface area contributed by atoms with Crippen LogP contribution < -0.4 is 10.3 Å². The molecule has 0 fully saturated rings. The Bertz CT molecular complexity index is 1160. The highest BCUT2D eigenvalue weighted by molar-refractivity contribution is 6.00. The number of ether oxygens (including phenoxy) is 2. The largest absolute Gasteiger partial charge is 0.492 e. The molecule has 0 bridgehead atoms. The minimum atomic E-state index is -0.770. The Morgan fingerprint density at radius 1 is 1.06 bits per heavy atom. The molecule has 0 spiro atoms. The fourth-order valence-corrected chi connectivity index (χ4v) is 3.62. The molecule has 0 unspecified atom stereocenters. The standard InChI is InChI=1S/C24H27N3O5/c1-16(2)27-17(3)14-20(18(27)4)22(28)15-32-24(30)21-10-11-23(29)26(25-21)12-13-31-19-8-6-5-7-9-19/h5-11,14,16H,12-13,15H2,1-4H3. The number of nitrogens with zero attached hydrogens (tertiary/aromatic N) is 3. The van der Waals surface area contributed by atoms with Gasteiger partial charge in [0.25, 0.3) is 5.56 Å².